The van der Waals surface area contributed by atoms with Crippen LogP contribution in [0.15, 0.2) is 30.7 Å². The van der Waals surface area contributed by atoms with E-state index in [0.29, 0.717) is 22.9 Å². The topological polar surface area (TPSA) is 61.4 Å². The number of alkyl halides is 3. The smallest absolute Gasteiger partial charge is 0.264 e. The molecular formula is C14H13F3N6. The average Bonchev–Trinajstić information content (AvgIpc) is 3.03. The van der Waals surface area contributed by atoms with Crippen molar-refractivity contribution >= 4 is 0 Å². The Bertz CT molecular complexity index is 819. The van der Waals surface area contributed by atoms with Gasteiger partial charge < -0.3 is 0 Å². The summed E-state index contributed by atoms with van der Waals surface area (Å²) in [6.07, 6.45) is 0.310. The number of rotatable bonds is 3. The fourth-order valence-electron chi connectivity index (χ4n) is 2.23. The first-order chi connectivity index (χ1) is 10.8. The van der Waals surface area contributed by atoms with Gasteiger partial charge in [-0.15, -0.1) is 0 Å². The van der Waals surface area contributed by atoms with Crippen LogP contribution in [0, 0.1) is 6.92 Å². The monoisotopic (exact) mass is 322 g/mol. The van der Waals surface area contributed by atoms with Gasteiger partial charge in [0, 0.05) is 30.7 Å². The molecular weight excluding hydrogens is 309 g/mol. The maximum Gasteiger partial charge on any atom is 0.408 e. The summed E-state index contributed by atoms with van der Waals surface area (Å²) < 4.78 is 40.0. The minimum Gasteiger partial charge on any atom is -0.264 e. The molecule has 6 nitrogen and oxygen atoms in total. The Morgan fingerprint density at radius 1 is 1.22 bits per heavy atom. The standard InChI is InChI=1S/C14H13F3N6/c1-9-11(7-19-23(9)8-14(15,16)17)13-20-12(21-22(13)2)10-4-3-5-18-6-10/h3-7H,8H2,1-2H3. The van der Waals surface area contributed by atoms with Crippen molar-refractivity contribution in [2.75, 3.05) is 0 Å². The number of hydrogen-bond donors (Lipinski definition) is 0. The first-order valence-corrected chi connectivity index (χ1v) is 6.76. The third-order valence-corrected chi connectivity index (χ3v) is 3.36. The van der Waals surface area contributed by atoms with Gasteiger partial charge in [-0.2, -0.15) is 23.4 Å². The van der Waals surface area contributed by atoms with Crippen LogP contribution in [0.2, 0.25) is 0 Å². The van der Waals surface area contributed by atoms with Gasteiger partial charge in [-0.05, 0) is 19.1 Å². The third-order valence-electron chi connectivity index (χ3n) is 3.36. The number of aromatic nitrogens is 6. The first kappa shape index (κ1) is 15.2. The first-order valence-electron chi connectivity index (χ1n) is 6.76. The fraction of sp³-hybridized carbons (Fsp3) is 0.286. The molecule has 0 aromatic carbocycles. The lowest BCUT2D eigenvalue weighted by Crippen LogP contribution is -2.19. The molecule has 0 amide bonds. The van der Waals surface area contributed by atoms with E-state index >= 15 is 0 Å². The predicted molar refractivity (Wildman–Crippen MR) is 76.2 cm³/mol. The molecule has 0 N–H and O–H groups in total. The van der Waals surface area contributed by atoms with E-state index < -0.39 is 12.7 Å². The van der Waals surface area contributed by atoms with Gasteiger partial charge >= 0.3 is 6.18 Å². The van der Waals surface area contributed by atoms with Crippen molar-refractivity contribution in [3.05, 3.63) is 36.4 Å². The molecule has 0 bridgehead atoms. The normalized spacial score (nSPS) is 11.9. The number of halogens is 3. The van der Waals surface area contributed by atoms with E-state index in [1.165, 1.54) is 10.9 Å². The number of aryl methyl sites for hydroxylation is 1. The molecule has 23 heavy (non-hydrogen) atoms. The maximum atomic E-state index is 12.5. The van der Waals surface area contributed by atoms with Gasteiger partial charge in [-0.3, -0.25) is 9.67 Å². The molecule has 0 aliphatic carbocycles. The Morgan fingerprint density at radius 2 is 2.00 bits per heavy atom. The highest BCUT2D eigenvalue weighted by Gasteiger charge is 2.30. The van der Waals surface area contributed by atoms with Crippen LogP contribution in [-0.4, -0.2) is 35.7 Å². The lowest BCUT2D eigenvalue weighted by atomic mass is 10.2. The van der Waals surface area contributed by atoms with E-state index in [9.17, 15) is 13.2 Å². The van der Waals surface area contributed by atoms with Gasteiger partial charge in [-0.1, -0.05) is 0 Å². The van der Waals surface area contributed by atoms with Crippen LogP contribution >= 0.6 is 0 Å². The Balaban J connectivity index is 1.99. The van der Waals surface area contributed by atoms with Gasteiger partial charge in [0.1, 0.15) is 6.54 Å². The van der Waals surface area contributed by atoms with Crippen molar-refractivity contribution in [3.63, 3.8) is 0 Å². The number of hydrogen-bond acceptors (Lipinski definition) is 4. The second-order valence-electron chi connectivity index (χ2n) is 5.04. The molecule has 0 fully saturated rings. The number of pyridine rings is 1. The summed E-state index contributed by atoms with van der Waals surface area (Å²) in [6.45, 7) is 0.443. The lowest BCUT2D eigenvalue weighted by Gasteiger charge is -2.08. The van der Waals surface area contributed by atoms with Crippen LogP contribution in [0.1, 0.15) is 5.69 Å². The second kappa shape index (κ2) is 5.49. The molecule has 0 spiro atoms. The molecule has 0 saturated heterocycles. The summed E-state index contributed by atoms with van der Waals surface area (Å²) in [6, 6.07) is 3.57. The van der Waals surface area contributed by atoms with Crippen molar-refractivity contribution in [1.82, 2.24) is 29.5 Å². The Hall–Kier alpha value is -2.71. The van der Waals surface area contributed by atoms with Crippen LogP contribution in [0.4, 0.5) is 13.2 Å². The van der Waals surface area contributed by atoms with E-state index in [0.717, 1.165) is 10.2 Å². The van der Waals surface area contributed by atoms with Gasteiger partial charge in [-0.25, -0.2) is 9.67 Å². The summed E-state index contributed by atoms with van der Waals surface area (Å²) in [5.41, 5.74) is 1.63. The fourth-order valence-corrected chi connectivity index (χ4v) is 2.23. The largest absolute Gasteiger partial charge is 0.408 e. The van der Waals surface area contributed by atoms with Gasteiger partial charge in [0.2, 0.25) is 0 Å². The quantitative estimate of drug-likeness (QED) is 0.744. The predicted octanol–water partition coefficient (Wildman–Crippen LogP) is 2.61. The van der Waals surface area contributed by atoms with E-state index in [4.69, 9.17) is 0 Å². The van der Waals surface area contributed by atoms with E-state index in [1.54, 1.807) is 32.4 Å². The Morgan fingerprint density at radius 3 is 2.65 bits per heavy atom. The molecule has 120 valence electrons. The summed E-state index contributed by atoms with van der Waals surface area (Å²) in [4.78, 5) is 8.40. The van der Waals surface area contributed by atoms with Gasteiger partial charge in [0.15, 0.2) is 11.6 Å². The SMILES string of the molecule is Cc1c(-c2nc(-c3cccnc3)nn2C)cnn1CC(F)(F)F. The van der Waals surface area contributed by atoms with Crippen molar-refractivity contribution in [2.45, 2.75) is 19.6 Å². The third kappa shape index (κ3) is 3.08. The molecule has 0 radical (unpaired) electrons. The molecule has 3 aromatic rings. The zero-order valence-corrected chi connectivity index (χ0v) is 12.4. The van der Waals surface area contributed by atoms with Gasteiger partial charge in [0.25, 0.3) is 0 Å². The minimum atomic E-state index is -4.32. The lowest BCUT2D eigenvalue weighted by molar-refractivity contribution is -0.142. The van der Waals surface area contributed by atoms with E-state index in [-0.39, 0.29) is 0 Å². The molecule has 0 unspecified atom stereocenters. The molecule has 0 aliphatic heterocycles. The highest BCUT2D eigenvalue weighted by molar-refractivity contribution is 5.62. The number of nitrogens with zero attached hydrogens (tertiary/aromatic N) is 6. The Kier molecular flexibility index (Phi) is 3.63. The molecule has 3 heterocycles. The zero-order valence-electron chi connectivity index (χ0n) is 12.4. The van der Waals surface area contributed by atoms with Crippen molar-refractivity contribution in [1.29, 1.82) is 0 Å². The maximum absolute atomic E-state index is 12.5. The highest BCUT2D eigenvalue weighted by Crippen LogP contribution is 2.26. The molecule has 0 atom stereocenters. The van der Waals surface area contributed by atoms with Crippen molar-refractivity contribution < 1.29 is 13.2 Å². The molecule has 9 heteroatoms. The van der Waals surface area contributed by atoms with E-state index in [1.807, 2.05) is 6.07 Å². The average molecular weight is 322 g/mol. The Labute approximate surface area is 129 Å². The van der Waals surface area contributed by atoms with Crippen LogP contribution in [0.3, 0.4) is 0 Å². The summed E-state index contributed by atoms with van der Waals surface area (Å²) in [5, 5.41) is 8.09. The van der Waals surface area contributed by atoms with E-state index in [2.05, 4.69) is 20.2 Å². The zero-order chi connectivity index (χ0) is 16.6. The molecule has 3 rings (SSSR count). The van der Waals surface area contributed by atoms with Crippen LogP contribution < -0.4 is 0 Å². The molecule has 3 aromatic heterocycles. The van der Waals surface area contributed by atoms with Crippen LogP contribution in [-0.2, 0) is 13.6 Å². The summed E-state index contributed by atoms with van der Waals surface area (Å²) >= 11 is 0. The molecule has 0 aliphatic rings. The second-order valence-corrected chi connectivity index (χ2v) is 5.04. The van der Waals surface area contributed by atoms with Crippen LogP contribution in [0.25, 0.3) is 22.8 Å². The van der Waals surface area contributed by atoms with Gasteiger partial charge in [0.05, 0.1) is 11.8 Å². The minimum absolute atomic E-state index is 0.385. The van der Waals surface area contributed by atoms with Crippen molar-refractivity contribution in [2.24, 2.45) is 7.05 Å². The summed E-state index contributed by atoms with van der Waals surface area (Å²) in [5.74, 6) is 0.911. The van der Waals surface area contributed by atoms with Crippen molar-refractivity contribution in [3.8, 4) is 22.8 Å². The van der Waals surface area contributed by atoms with Crippen LogP contribution in [0.5, 0.6) is 0 Å². The highest BCUT2D eigenvalue weighted by atomic mass is 19.4. The summed E-state index contributed by atoms with van der Waals surface area (Å²) in [7, 11) is 1.68. The molecule has 0 saturated carbocycles.